The number of aryl methyl sites for hydroxylation is 2. The van der Waals surface area contributed by atoms with E-state index < -0.39 is 0 Å². The van der Waals surface area contributed by atoms with E-state index in [1.807, 2.05) is 44.2 Å². The van der Waals surface area contributed by atoms with Crippen LogP contribution in [0.2, 0.25) is 0 Å². The molecule has 146 valence electrons. The Morgan fingerprint density at radius 3 is 2.72 bits per heavy atom. The summed E-state index contributed by atoms with van der Waals surface area (Å²) >= 11 is 0. The molecule has 0 spiro atoms. The first-order valence-electron chi connectivity index (χ1n) is 9.07. The highest BCUT2D eigenvalue weighted by Gasteiger charge is 2.16. The van der Waals surface area contributed by atoms with Gasteiger partial charge in [-0.15, -0.1) is 0 Å². The number of nitrogens with one attached hydrogen (secondary N) is 1. The molecule has 0 aliphatic heterocycles. The van der Waals surface area contributed by atoms with Gasteiger partial charge in [-0.25, -0.2) is 0 Å². The average molecular weight is 389 g/mol. The van der Waals surface area contributed by atoms with Gasteiger partial charge in [0.2, 0.25) is 5.82 Å². The van der Waals surface area contributed by atoms with Gasteiger partial charge in [0.15, 0.2) is 12.4 Å². The minimum Gasteiger partial charge on any atom is -0.484 e. The molecule has 7 nitrogen and oxygen atoms in total. The minimum absolute atomic E-state index is 0.113. The fraction of sp³-hybridized carbons (Fsp3) is 0.136. The third-order valence-electron chi connectivity index (χ3n) is 4.45. The number of aromatic nitrogens is 2. The van der Waals surface area contributed by atoms with Crippen LogP contribution >= 0.6 is 0 Å². The zero-order chi connectivity index (χ0) is 20.2. The number of amides is 1. The molecule has 4 rings (SSSR count). The van der Waals surface area contributed by atoms with E-state index in [0.29, 0.717) is 28.6 Å². The van der Waals surface area contributed by atoms with Crippen LogP contribution in [0.5, 0.6) is 5.75 Å². The lowest BCUT2D eigenvalue weighted by Crippen LogP contribution is -2.20. The summed E-state index contributed by atoms with van der Waals surface area (Å²) in [5.74, 6) is 1.48. The number of anilines is 1. The predicted octanol–water partition coefficient (Wildman–Crippen LogP) is 4.63. The van der Waals surface area contributed by atoms with Crippen molar-refractivity contribution in [3.8, 4) is 28.8 Å². The Labute approximate surface area is 167 Å². The summed E-state index contributed by atoms with van der Waals surface area (Å²) < 4.78 is 16.2. The summed E-state index contributed by atoms with van der Waals surface area (Å²) in [5, 5.41) is 6.76. The maximum atomic E-state index is 12.4. The lowest BCUT2D eigenvalue weighted by Gasteiger charge is -2.10. The Hall–Kier alpha value is -3.87. The minimum atomic E-state index is -0.290. The van der Waals surface area contributed by atoms with Crippen LogP contribution in [-0.4, -0.2) is 22.7 Å². The van der Waals surface area contributed by atoms with Gasteiger partial charge in [0.1, 0.15) is 5.75 Å². The average Bonchev–Trinajstić information content (AvgIpc) is 3.41. The van der Waals surface area contributed by atoms with E-state index in [0.717, 1.165) is 5.56 Å². The maximum Gasteiger partial charge on any atom is 0.262 e. The molecular formula is C22H19N3O4. The van der Waals surface area contributed by atoms with Crippen molar-refractivity contribution >= 4 is 11.6 Å². The Bertz CT molecular complexity index is 1130. The van der Waals surface area contributed by atoms with E-state index in [2.05, 4.69) is 15.5 Å². The van der Waals surface area contributed by atoms with Crippen molar-refractivity contribution < 1.29 is 18.5 Å². The van der Waals surface area contributed by atoms with E-state index in [4.69, 9.17) is 13.7 Å². The summed E-state index contributed by atoms with van der Waals surface area (Å²) in [6.07, 6.45) is 1.54. The lowest BCUT2D eigenvalue weighted by atomic mass is 10.1. The van der Waals surface area contributed by atoms with E-state index in [1.165, 1.54) is 11.8 Å². The van der Waals surface area contributed by atoms with Crippen LogP contribution in [0.4, 0.5) is 5.69 Å². The zero-order valence-electron chi connectivity index (χ0n) is 16.0. The molecule has 0 atom stereocenters. The first kappa shape index (κ1) is 18.5. The highest BCUT2D eigenvalue weighted by molar-refractivity contribution is 5.95. The molecule has 2 aromatic carbocycles. The molecular weight excluding hydrogens is 370 g/mol. The molecule has 0 radical (unpaired) electrons. The molecule has 2 aromatic heterocycles. The van der Waals surface area contributed by atoms with Gasteiger partial charge in [0.25, 0.3) is 11.8 Å². The number of para-hydroxylation sites is 1. The second kappa shape index (κ2) is 8.02. The van der Waals surface area contributed by atoms with Crippen molar-refractivity contribution in [3.63, 3.8) is 0 Å². The molecule has 2 heterocycles. The summed E-state index contributed by atoms with van der Waals surface area (Å²) in [7, 11) is 0. The number of carbonyl (C=O) groups excluding carboxylic acids is 1. The molecule has 0 saturated carbocycles. The summed E-state index contributed by atoms with van der Waals surface area (Å²) in [4.78, 5) is 16.7. The number of benzene rings is 2. The van der Waals surface area contributed by atoms with Gasteiger partial charge in [0, 0.05) is 0 Å². The van der Waals surface area contributed by atoms with Crippen molar-refractivity contribution in [2.45, 2.75) is 13.8 Å². The van der Waals surface area contributed by atoms with Gasteiger partial charge in [0.05, 0.1) is 17.5 Å². The van der Waals surface area contributed by atoms with E-state index >= 15 is 0 Å². The van der Waals surface area contributed by atoms with E-state index in [-0.39, 0.29) is 18.4 Å². The molecule has 1 amide bonds. The third-order valence-corrected chi connectivity index (χ3v) is 4.45. The van der Waals surface area contributed by atoms with Gasteiger partial charge < -0.3 is 19.0 Å². The van der Waals surface area contributed by atoms with Crippen molar-refractivity contribution in [3.05, 3.63) is 72.0 Å². The smallest absolute Gasteiger partial charge is 0.262 e. The van der Waals surface area contributed by atoms with Crippen LogP contribution in [0.3, 0.4) is 0 Å². The van der Waals surface area contributed by atoms with Crippen LogP contribution in [0.1, 0.15) is 11.1 Å². The Morgan fingerprint density at radius 2 is 1.93 bits per heavy atom. The van der Waals surface area contributed by atoms with Crippen LogP contribution in [0.25, 0.3) is 23.0 Å². The maximum absolute atomic E-state index is 12.4. The molecule has 0 saturated heterocycles. The van der Waals surface area contributed by atoms with Gasteiger partial charge in [-0.05, 0) is 61.4 Å². The van der Waals surface area contributed by atoms with Crippen molar-refractivity contribution in [1.29, 1.82) is 0 Å². The second-order valence-electron chi connectivity index (χ2n) is 6.53. The van der Waals surface area contributed by atoms with Gasteiger partial charge in [-0.2, -0.15) is 4.98 Å². The first-order valence-corrected chi connectivity index (χ1v) is 9.07. The number of ether oxygens (including phenoxy) is 1. The fourth-order valence-corrected chi connectivity index (χ4v) is 2.76. The molecule has 29 heavy (non-hydrogen) atoms. The summed E-state index contributed by atoms with van der Waals surface area (Å²) in [5.41, 5.74) is 3.44. The zero-order valence-corrected chi connectivity index (χ0v) is 16.0. The molecule has 1 N–H and O–H groups in total. The molecule has 0 bridgehead atoms. The predicted molar refractivity (Wildman–Crippen MR) is 107 cm³/mol. The number of rotatable bonds is 6. The van der Waals surface area contributed by atoms with E-state index in [1.54, 1.807) is 24.3 Å². The Morgan fingerprint density at radius 1 is 1.07 bits per heavy atom. The topological polar surface area (TPSA) is 90.4 Å². The van der Waals surface area contributed by atoms with Gasteiger partial charge in [-0.3, -0.25) is 4.79 Å². The SMILES string of the molecule is Cc1ccc(OCC(=O)Nc2ccccc2-c2nc(-c3ccco3)no2)cc1C. The second-order valence-corrected chi connectivity index (χ2v) is 6.53. The Balaban J connectivity index is 1.47. The largest absolute Gasteiger partial charge is 0.484 e. The summed E-state index contributed by atoms with van der Waals surface area (Å²) in [6.45, 7) is 3.91. The van der Waals surface area contributed by atoms with Crippen LogP contribution in [0, 0.1) is 13.8 Å². The normalized spacial score (nSPS) is 10.7. The number of furan rings is 1. The quantitative estimate of drug-likeness (QED) is 0.517. The van der Waals surface area contributed by atoms with E-state index in [9.17, 15) is 4.79 Å². The third kappa shape index (κ3) is 4.19. The van der Waals surface area contributed by atoms with Gasteiger partial charge in [-0.1, -0.05) is 23.4 Å². The highest BCUT2D eigenvalue weighted by Crippen LogP contribution is 2.28. The highest BCUT2D eigenvalue weighted by atomic mass is 16.5. The fourth-order valence-electron chi connectivity index (χ4n) is 2.76. The molecule has 0 aliphatic carbocycles. The monoisotopic (exact) mass is 389 g/mol. The van der Waals surface area contributed by atoms with Crippen LogP contribution < -0.4 is 10.1 Å². The first-order chi connectivity index (χ1) is 14.1. The van der Waals surface area contributed by atoms with Crippen molar-refractivity contribution in [1.82, 2.24) is 10.1 Å². The molecule has 0 unspecified atom stereocenters. The van der Waals surface area contributed by atoms with Crippen LogP contribution in [-0.2, 0) is 4.79 Å². The van der Waals surface area contributed by atoms with Crippen molar-refractivity contribution in [2.75, 3.05) is 11.9 Å². The number of hydrogen-bond donors (Lipinski definition) is 1. The number of nitrogens with zero attached hydrogens (tertiary/aromatic N) is 2. The molecule has 0 fully saturated rings. The van der Waals surface area contributed by atoms with Gasteiger partial charge >= 0.3 is 0 Å². The van der Waals surface area contributed by atoms with Crippen molar-refractivity contribution in [2.24, 2.45) is 0 Å². The molecule has 7 heteroatoms. The lowest BCUT2D eigenvalue weighted by molar-refractivity contribution is -0.118. The van der Waals surface area contributed by atoms with Crippen LogP contribution in [0.15, 0.2) is 69.8 Å². The standard InChI is InChI=1S/C22H19N3O4/c1-14-9-10-16(12-15(14)2)28-13-20(26)23-18-7-4-3-6-17(18)22-24-21(25-29-22)19-8-5-11-27-19/h3-12H,13H2,1-2H3,(H,23,26). The Kier molecular flexibility index (Phi) is 5.11. The molecule has 0 aliphatic rings. The number of hydrogen-bond acceptors (Lipinski definition) is 6. The molecule has 4 aromatic rings. The summed E-state index contributed by atoms with van der Waals surface area (Å²) in [6, 6.07) is 16.4. The number of carbonyl (C=O) groups is 1.